The molecule has 30 heavy (non-hydrogen) atoms. The predicted octanol–water partition coefficient (Wildman–Crippen LogP) is 3.70. The third-order valence-electron chi connectivity index (χ3n) is 5.09. The van der Waals surface area contributed by atoms with Crippen LogP contribution in [0.3, 0.4) is 0 Å². The lowest BCUT2D eigenvalue weighted by molar-refractivity contribution is -0.123. The molecule has 6 heteroatoms. The average Bonchev–Trinajstić information content (AvgIpc) is 3.07. The molecule has 3 aromatic carbocycles. The zero-order valence-corrected chi connectivity index (χ0v) is 17.3. The molecule has 0 aliphatic carbocycles. The van der Waals surface area contributed by atoms with Gasteiger partial charge in [-0.1, -0.05) is 42.5 Å². The van der Waals surface area contributed by atoms with Crippen LogP contribution in [0.25, 0.3) is 0 Å². The van der Waals surface area contributed by atoms with E-state index < -0.39 is 16.7 Å². The van der Waals surface area contributed by atoms with Gasteiger partial charge in [0.2, 0.25) is 5.91 Å². The van der Waals surface area contributed by atoms with Crippen molar-refractivity contribution in [3.8, 4) is 5.75 Å². The van der Waals surface area contributed by atoms with Gasteiger partial charge in [0.15, 0.2) is 5.78 Å². The minimum absolute atomic E-state index is 0.0321. The maximum atomic E-state index is 12.9. The third kappa shape index (κ3) is 4.19. The zero-order valence-electron chi connectivity index (χ0n) is 16.5. The average molecular weight is 420 g/mol. The molecule has 1 aliphatic rings. The number of hydrogen-bond acceptors (Lipinski definition) is 4. The van der Waals surface area contributed by atoms with Crippen LogP contribution in [-0.2, 0) is 27.0 Å². The Labute approximate surface area is 177 Å². The fourth-order valence-corrected chi connectivity index (χ4v) is 4.00. The molecule has 0 N–H and O–H groups in total. The Morgan fingerprint density at radius 2 is 1.60 bits per heavy atom. The van der Waals surface area contributed by atoms with Crippen LogP contribution in [0, 0.1) is 0 Å². The summed E-state index contributed by atoms with van der Waals surface area (Å²) in [4.78, 5) is 27.7. The van der Waals surface area contributed by atoms with Gasteiger partial charge in [-0.15, -0.1) is 0 Å². The molecule has 3 aromatic rings. The van der Waals surface area contributed by atoms with E-state index in [-0.39, 0.29) is 18.2 Å². The quantitative estimate of drug-likeness (QED) is 0.572. The van der Waals surface area contributed by atoms with Gasteiger partial charge in [0.25, 0.3) is 0 Å². The molecule has 1 amide bonds. The highest BCUT2D eigenvalue weighted by atomic mass is 32.2. The molecule has 0 spiro atoms. The maximum Gasteiger partial charge on any atom is 0.242 e. The van der Waals surface area contributed by atoms with Crippen molar-refractivity contribution in [2.75, 3.05) is 17.7 Å². The minimum atomic E-state index is -1.09. The summed E-state index contributed by atoms with van der Waals surface area (Å²) in [5.74, 6) is -0.516. The number of amides is 1. The van der Waals surface area contributed by atoms with Crippen molar-refractivity contribution < 1.29 is 18.5 Å². The van der Waals surface area contributed by atoms with Crippen LogP contribution in [0.2, 0.25) is 0 Å². The number of ether oxygens (including phenoxy) is 1. The van der Waals surface area contributed by atoms with Crippen LogP contribution < -0.4 is 9.64 Å². The van der Waals surface area contributed by atoms with E-state index in [1.54, 1.807) is 54.8 Å². The topological polar surface area (TPSA) is 63.7 Å². The maximum absolute atomic E-state index is 12.9. The van der Waals surface area contributed by atoms with Gasteiger partial charge in [0.05, 0.1) is 6.54 Å². The zero-order chi connectivity index (χ0) is 21.1. The summed E-state index contributed by atoms with van der Waals surface area (Å²) in [7, 11) is -1.09. The van der Waals surface area contributed by atoms with Gasteiger partial charge in [-0.2, -0.15) is 0 Å². The number of benzene rings is 3. The van der Waals surface area contributed by atoms with E-state index in [0.717, 1.165) is 5.56 Å². The Balaban J connectivity index is 1.46. The fourth-order valence-electron chi connectivity index (χ4n) is 3.48. The number of nitrogens with zero attached hydrogens (tertiary/aromatic N) is 1. The van der Waals surface area contributed by atoms with E-state index in [0.29, 0.717) is 28.5 Å². The molecule has 0 aromatic heterocycles. The Kier molecular flexibility index (Phi) is 5.77. The summed E-state index contributed by atoms with van der Waals surface area (Å²) in [6, 6.07) is 23.9. The summed E-state index contributed by atoms with van der Waals surface area (Å²) in [5.41, 5.74) is 2.36. The molecule has 2 unspecified atom stereocenters. The molecular weight excluding hydrogens is 398 g/mol. The molecule has 1 aliphatic heterocycles. The van der Waals surface area contributed by atoms with Gasteiger partial charge in [-0.05, 0) is 47.5 Å². The van der Waals surface area contributed by atoms with E-state index in [2.05, 4.69) is 0 Å². The van der Waals surface area contributed by atoms with Gasteiger partial charge in [0, 0.05) is 27.6 Å². The summed E-state index contributed by atoms with van der Waals surface area (Å²) < 4.78 is 17.3. The van der Waals surface area contributed by atoms with E-state index in [9.17, 15) is 13.8 Å². The molecule has 0 saturated carbocycles. The highest BCUT2D eigenvalue weighted by Gasteiger charge is 2.40. The van der Waals surface area contributed by atoms with Crippen molar-refractivity contribution in [2.24, 2.45) is 0 Å². The Morgan fingerprint density at radius 3 is 2.23 bits per heavy atom. The first-order chi connectivity index (χ1) is 14.5. The van der Waals surface area contributed by atoms with Crippen molar-refractivity contribution in [2.45, 2.75) is 17.4 Å². The number of Topliss-reactive ketones (excluding diaryl/α,β-unsaturated/α-hetero) is 1. The monoisotopic (exact) mass is 419 g/mol. The SMILES string of the molecule is CS(=O)c1ccc(N2CC(=O)C(c3ccc(OCc4ccccc4)cc3)C2=O)cc1. The fraction of sp³-hybridized carbons (Fsp3) is 0.167. The highest BCUT2D eigenvalue weighted by Crippen LogP contribution is 2.31. The molecule has 0 bridgehead atoms. The van der Waals surface area contributed by atoms with Crippen molar-refractivity contribution in [1.82, 2.24) is 0 Å². The molecule has 152 valence electrons. The van der Waals surface area contributed by atoms with Crippen LogP contribution in [0.4, 0.5) is 5.69 Å². The molecular formula is C24H21NO4S. The number of carbonyl (C=O) groups is 2. The van der Waals surface area contributed by atoms with Gasteiger partial charge in [-0.3, -0.25) is 13.8 Å². The van der Waals surface area contributed by atoms with Gasteiger partial charge in [0.1, 0.15) is 18.3 Å². The lowest BCUT2D eigenvalue weighted by Gasteiger charge is -2.16. The Hall–Kier alpha value is -3.25. The first kappa shape index (κ1) is 20.0. The van der Waals surface area contributed by atoms with Gasteiger partial charge >= 0.3 is 0 Å². The van der Waals surface area contributed by atoms with Gasteiger partial charge in [-0.25, -0.2) is 0 Å². The molecule has 2 atom stereocenters. The second kappa shape index (κ2) is 8.63. The summed E-state index contributed by atoms with van der Waals surface area (Å²) >= 11 is 0. The number of ketones is 1. The van der Waals surface area contributed by atoms with Crippen molar-refractivity contribution in [3.05, 3.63) is 90.0 Å². The smallest absolute Gasteiger partial charge is 0.242 e. The Morgan fingerprint density at radius 1 is 0.933 bits per heavy atom. The van der Waals surface area contributed by atoms with Crippen LogP contribution in [0.5, 0.6) is 5.75 Å². The Bertz CT molecular complexity index is 1080. The number of anilines is 1. The number of carbonyl (C=O) groups excluding carboxylic acids is 2. The number of rotatable bonds is 6. The van der Waals surface area contributed by atoms with E-state index in [1.807, 2.05) is 30.3 Å². The predicted molar refractivity (Wildman–Crippen MR) is 116 cm³/mol. The first-order valence-electron chi connectivity index (χ1n) is 9.57. The van der Waals surface area contributed by atoms with Crippen molar-refractivity contribution >= 4 is 28.2 Å². The van der Waals surface area contributed by atoms with Crippen LogP contribution in [0.1, 0.15) is 17.0 Å². The standard InChI is InChI=1S/C24H21NO4S/c1-30(28)21-13-9-19(10-14-21)25-15-22(26)23(24(25)27)18-7-11-20(12-8-18)29-16-17-5-3-2-4-6-17/h2-14,23H,15-16H2,1H3. The lowest BCUT2D eigenvalue weighted by Crippen LogP contribution is -2.26. The summed E-state index contributed by atoms with van der Waals surface area (Å²) in [6.45, 7) is 0.484. The van der Waals surface area contributed by atoms with Crippen LogP contribution in [0.15, 0.2) is 83.8 Å². The third-order valence-corrected chi connectivity index (χ3v) is 6.03. The van der Waals surface area contributed by atoms with E-state index >= 15 is 0 Å². The molecule has 0 radical (unpaired) electrons. The van der Waals surface area contributed by atoms with Gasteiger partial charge < -0.3 is 9.64 Å². The van der Waals surface area contributed by atoms with E-state index in [1.165, 1.54) is 4.90 Å². The second-order valence-corrected chi connectivity index (χ2v) is 8.49. The molecule has 1 fully saturated rings. The molecule has 4 rings (SSSR count). The molecule has 5 nitrogen and oxygen atoms in total. The van der Waals surface area contributed by atoms with Crippen molar-refractivity contribution in [3.63, 3.8) is 0 Å². The van der Waals surface area contributed by atoms with Crippen LogP contribution >= 0.6 is 0 Å². The van der Waals surface area contributed by atoms with Crippen molar-refractivity contribution in [1.29, 1.82) is 0 Å². The van der Waals surface area contributed by atoms with E-state index in [4.69, 9.17) is 4.74 Å². The first-order valence-corrected chi connectivity index (χ1v) is 11.1. The minimum Gasteiger partial charge on any atom is -0.489 e. The normalized spacial score (nSPS) is 17.2. The second-order valence-electron chi connectivity index (χ2n) is 7.12. The lowest BCUT2D eigenvalue weighted by atomic mass is 9.97. The summed E-state index contributed by atoms with van der Waals surface area (Å²) in [6.07, 6.45) is 1.60. The molecule has 1 saturated heterocycles. The highest BCUT2D eigenvalue weighted by molar-refractivity contribution is 7.84. The summed E-state index contributed by atoms with van der Waals surface area (Å²) in [5, 5.41) is 0. The number of hydrogen-bond donors (Lipinski definition) is 0. The van der Waals surface area contributed by atoms with Crippen LogP contribution in [-0.4, -0.2) is 28.7 Å². The largest absolute Gasteiger partial charge is 0.489 e. The molecule has 1 heterocycles.